The molecule has 3 nitrogen and oxygen atoms in total. The van der Waals surface area contributed by atoms with Crippen molar-refractivity contribution in [1.29, 1.82) is 0 Å². The molecule has 0 bridgehead atoms. The van der Waals surface area contributed by atoms with Gasteiger partial charge < -0.3 is 10.7 Å². The SMILES string of the molecule is Nc1c[nH]cc(-c2c(Cl)cccc2Cl)c1=O. The van der Waals surface area contributed by atoms with Crippen LogP contribution in [0.1, 0.15) is 0 Å². The summed E-state index contributed by atoms with van der Waals surface area (Å²) < 4.78 is 0. The number of rotatable bonds is 1. The average Bonchev–Trinajstić information content (AvgIpc) is 2.24. The van der Waals surface area contributed by atoms with Crippen LogP contribution in [0.25, 0.3) is 11.1 Å². The molecule has 0 fully saturated rings. The number of halogens is 2. The van der Waals surface area contributed by atoms with Gasteiger partial charge in [0.2, 0.25) is 5.43 Å². The van der Waals surface area contributed by atoms with Crippen molar-refractivity contribution in [1.82, 2.24) is 4.98 Å². The maximum Gasteiger partial charge on any atom is 0.212 e. The summed E-state index contributed by atoms with van der Waals surface area (Å²) in [5, 5.41) is 0.840. The summed E-state index contributed by atoms with van der Waals surface area (Å²) in [5.41, 5.74) is 6.25. The summed E-state index contributed by atoms with van der Waals surface area (Å²) in [6.45, 7) is 0. The number of anilines is 1. The number of nitrogens with two attached hydrogens (primary N) is 1. The van der Waals surface area contributed by atoms with Crippen molar-refractivity contribution < 1.29 is 0 Å². The first-order valence-electron chi connectivity index (χ1n) is 4.52. The molecule has 0 unspecified atom stereocenters. The molecule has 2 aromatic rings. The van der Waals surface area contributed by atoms with Crippen LogP contribution in [0.3, 0.4) is 0 Å². The lowest BCUT2D eigenvalue weighted by Crippen LogP contribution is -2.11. The molecule has 3 N–H and O–H groups in total. The molecule has 0 spiro atoms. The Bertz CT molecular complexity index is 573. The van der Waals surface area contributed by atoms with Gasteiger partial charge in [0.25, 0.3) is 0 Å². The molecule has 1 aromatic heterocycles. The average molecular weight is 255 g/mol. The van der Waals surface area contributed by atoms with Crippen LogP contribution in [0.15, 0.2) is 35.4 Å². The molecule has 0 atom stereocenters. The van der Waals surface area contributed by atoms with Crippen molar-refractivity contribution in [2.45, 2.75) is 0 Å². The first kappa shape index (κ1) is 11.0. The number of hydrogen-bond donors (Lipinski definition) is 2. The fraction of sp³-hybridized carbons (Fsp3) is 0. The topological polar surface area (TPSA) is 58.9 Å². The van der Waals surface area contributed by atoms with Crippen LogP contribution >= 0.6 is 23.2 Å². The highest BCUT2D eigenvalue weighted by molar-refractivity contribution is 6.39. The summed E-state index contributed by atoms with van der Waals surface area (Å²) >= 11 is 12.0. The normalized spacial score (nSPS) is 10.4. The van der Waals surface area contributed by atoms with Crippen LogP contribution in [0.2, 0.25) is 10.0 Å². The summed E-state index contributed by atoms with van der Waals surface area (Å²) in [6, 6.07) is 5.06. The highest BCUT2D eigenvalue weighted by Crippen LogP contribution is 2.32. The van der Waals surface area contributed by atoms with Gasteiger partial charge in [0.05, 0.1) is 21.3 Å². The van der Waals surface area contributed by atoms with Crippen molar-refractivity contribution in [3.8, 4) is 11.1 Å². The van der Waals surface area contributed by atoms with Gasteiger partial charge in [0.1, 0.15) is 0 Å². The Balaban J connectivity index is 2.78. The summed E-state index contributed by atoms with van der Waals surface area (Å²) in [5.74, 6) is 0. The number of H-pyrrole nitrogens is 1. The lowest BCUT2D eigenvalue weighted by Gasteiger charge is -2.06. The second-order valence-corrected chi connectivity index (χ2v) is 4.06. The molecule has 1 aromatic carbocycles. The van der Waals surface area contributed by atoms with Gasteiger partial charge in [0, 0.05) is 18.0 Å². The van der Waals surface area contributed by atoms with E-state index in [9.17, 15) is 4.79 Å². The zero-order valence-corrected chi connectivity index (χ0v) is 9.64. The molecule has 0 saturated carbocycles. The van der Waals surface area contributed by atoms with Gasteiger partial charge >= 0.3 is 0 Å². The standard InChI is InChI=1S/C11H8Cl2N2O/c12-7-2-1-3-8(13)10(7)6-4-15-5-9(14)11(6)16/h1-5H,14H2,(H,15,16). The van der Waals surface area contributed by atoms with E-state index in [0.717, 1.165) is 0 Å². The van der Waals surface area contributed by atoms with E-state index in [4.69, 9.17) is 28.9 Å². The first-order chi connectivity index (χ1) is 7.61. The molecule has 1 heterocycles. The maximum atomic E-state index is 11.8. The molecular weight excluding hydrogens is 247 g/mol. The Kier molecular flexibility index (Phi) is 2.90. The van der Waals surface area contributed by atoms with Crippen molar-refractivity contribution >= 4 is 28.9 Å². The van der Waals surface area contributed by atoms with E-state index in [2.05, 4.69) is 4.98 Å². The Morgan fingerprint density at radius 3 is 2.38 bits per heavy atom. The monoisotopic (exact) mass is 254 g/mol. The molecule has 82 valence electrons. The Hall–Kier alpha value is -1.45. The zero-order valence-electron chi connectivity index (χ0n) is 8.13. The number of aromatic nitrogens is 1. The summed E-state index contributed by atoms with van der Waals surface area (Å²) in [4.78, 5) is 14.6. The quantitative estimate of drug-likeness (QED) is 0.822. The molecule has 0 aliphatic carbocycles. The first-order valence-corrected chi connectivity index (χ1v) is 5.28. The maximum absolute atomic E-state index is 11.8. The summed E-state index contributed by atoms with van der Waals surface area (Å²) in [7, 11) is 0. The van der Waals surface area contributed by atoms with E-state index >= 15 is 0 Å². The largest absolute Gasteiger partial charge is 0.394 e. The molecule has 0 saturated heterocycles. The van der Waals surface area contributed by atoms with Crippen molar-refractivity contribution in [3.05, 3.63) is 50.9 Å². The highest BCUT2D eigenvalue weighted by atomic mass is 35.5. The van der Waals surface area contributed by atoms with Crippen molar-refractivity contribution in [2.75, 3.05) is 5.73 Å². The Morgan fingerprint density at radius 2 is 1.75 bits per heavy atom. The van der Waals surface area contributed by atoms with Crippen molar-refractivity contribution in [2.24, 2.45) is 0 Å². The van der Waals surface area contributed by atoms with Gasteiger partial charge in [-0.3, -0.25) is 4.79 Å². The third kappa shape index (κ3) is 1.79. The van der Waals surface area contributed by atoms with Crippen molar-refractivity contribution in [3.63, 3.8) is 0 Å². The van der Waals surface area contributed by atoms with Crippen LogP contribution in [0.5, 0.6) is 0 Å². The van der Waals surface area contributed by atoms with Gasteiger partial charge in [-0.25, -0.2) is 0 Å². The van der Waals surface area contributed by atoms with Crippen LogP contribution in [0.4, 0.5) is 5.69 Å². The molecule has 5 heteroatoms. The Labute approximate surface area is 102 Å². The number of benzene rings is 1. The van der Waals surface area contributed by atoms with E-state index in [1.54, 1.807) is 18.2 Å². The molecule has 0 amide bonds. The third-order valence-corrected chi connectivity index (χ3v) is 2.84. The smallest absolute Gasteiger partial charge is 0.212 e. The number of hydrogen-bond acceptors (Lipinski definition) is 2. The van der Waals surface area contributed by atoms with E-state index in [0.29, 0.717) is 21.2 Å². The van der Waals surface area contributed by atoms with E-state index in [-0.39, 0.29) is 11.1 Å². The van der Waals surface area contributed by atoms with E-state index in [1.165, 1.54) is 12.4 Å². The minimum Gasteiger partial charge on any atom is -0.394 e. The van der Waals surface area contributed by atoms with Gasteiger partial charge in [-0.05, 0) is 12.1 Å². The second-order valence-electron chi connectivity index (χ2n) is 3.25. The van der Waals surface area contributed by atoms with Gasteiger partial charge in [0.15, 0.2) is 0 Å². The molecule has 2 rings (SSSR count). The molecule has 16 heavy (non-hydrogen) atoms. The predicted octanol–water partition coefficient (Wildman–Crippen LogP) is 2.93. The fourth-order valence-corrected chi connectivity index (χ4v) is 2.04. The molecule has 0 radical (unpaired) electrons. The minimum absolute atomic E-state index is 0.133. The van der Waals surface area contributed by atoms with E-state index < -0.39 is 0 Å². The number of nitrogens with one attached hydrogen (secondary N) is 1. The van der Waals surface area contributed by atoms with Crippen LogP contribution in [-0.4, -0.2) is 4.98 Å². The van der Waals surface area contributed by atoms with Gasteiger partial charge in [-0.15, -0.1) is 0 Å². The molecule has 0 aliphatic rings. The van der Waals surface area contributed by atoms with E-state index in [1.807, 2.05) is 0 Å². The lowest BCUT2D eigenvalue weighted by atomic mass is 10.1. The zero-order chi connectivity index (χ0) is 11.7. The highest BCUT2D eigenvalue weighted by Gasteiger charge is 2.12. The number of pyridine rings is 1. The van der Waals surface area contributed by atoms with Gasteiger partial charge in [-0.1, -0.05) is 29.3 Å². The molecule has 0 aliphatic heterocycles. The predicted molar refractivity (Wildman–Crippen MR) is 66.9 cm³/mol. The second kappa shape index (κ2) is 4.20. The van der Waals surface area contributed by atoms with Crippen LogP contribution in [0, 0.1) is 0 Å². The Morgan fingerprint density at radius 1 is 1.12 bits per heavy atom. The molecular formula is C11H8Cl2N2O. The number of nitrogen functional groups attached to an aromatic ring is 1. The number of aromatic amines is 1. The van der Waals surface area contributed by atoms with Crippen LogP contribution < -0.4 is 11.2 Å². The van der Waals surface area contributed by atoms with Gasteiger partial charge in [-0.2, -0.15) is 0 Å². The summed E-state index contributed by atoms with van der Waals surface area (Å²) in [6.07, 6.45) is 2.96. The fourth-order valence-electron chi connectivity index (χ4n) is 1.44. The third-order valence-electron chi connectivity index (χ3n) is 2.21. The lowest BCUT2D eigenvalue weighted by molar-refractivity contribution is 1.31. The van der Waals surface area contributed by atoms with Crippen LogP contribution in [-0.2, 0) is 0 Å². The minimum atomic E-state index is -0.284.